The second-order valence-electron chi connectivity index (χ2n) is 10.7. The monoisotopic (exact) mass is 690 g/mol. The molecule has 278 valence electrons. The number of ketones is 5. The van der Waals surface area contributed by atoms with Gasteiger partial charge in [0.2, 0.25) is 19.2 Å². The number of carbonyl (C=O) groups excluding carboxylic acids is 8. The summed E-state index contributed by atoms with van der Waals surface area (Å²) in [5.41, 5.74) is 0. The van der Waals surface area contributed by atoms with Crippen LogP contribution in [0.25, 0.3) is 0 Å². The van der Waals surface area contributed by atoms with Crippen molar-refractivity contribution in [1.29, 1.82) is 0 Å². The molecule has 0 aromatic carbocycles. The predicted molar refractivity (Wildman–Crippen MR) is 178 cm³/mol. The zero-order chi connectivity index (χ0) is 37.0. The molecule has 0 aromatic heterocycles. The maximum absolute atomic E-state index is 11.0. The van der Waals surface area contributed by atoms with E-state index >= 15 is 0 Å². The molecule has 0 saturated heterocycles. The maximum Gasteiger partial charge on any atom is 0.207 e. The summed E-state index contributed by atoms with van der Waals surface area (Å²) in [4.78, 5) is 89.8. The highest BCUT2D eigenvalue weighted by Gasteiger charge is 2.08. The summed E-state index contributed by atoms with van der Waals surface area (Å²) in [5, 5.41) is 16.3. The fourth-order valence-electron chi connectivity index (χ4n) is 3.63. The lowest BCUT2D eigenvalue weighted by molar-refractivity contribution is -0.122. The van der Waals surface area contributed by atoms with Crippen molar-refractivity contribution in [3.63, 3.8) is 0 Å². The highest BCUT2D eigenvalue weighted by atomic mass is 16.5. The van der Waals surface area contributed by atoms with E-state index in [4.69, 9.17) is 14.6 Å². The third-order valence-corrected chi connectivity index (χ3v) is 5.77. The molecule has 0 aliphatic carbocycles. The summed E-state index contributed by atoms with van der Waals surface area (Å²) in [7, 11) is 0. The molecule has 0 bridgehead atoms. The van der Waals surface area contributed by atoms with Gasteiger partial charge in [0.1, 0.15) is 30.6 Å². The quantitative estimate of drug-likeness (QED) is 0.0435. The lowest BCUT2D eigenvalue weighted by atomic mass is 10.3. The number of Topliss-reactive ketones (excluding diaryl/α,β-unsaturated/α-hetero) is 5. The minimum absolute atomic E-state index is 0.00657. The van der Waals surface area contributed by atoms with E-state index < -0.39 is 0 Å². The van der Waals surface area contributed by atoms with Crippen LogP contribution in [-0.2, 0) is 47.8 Å². The molecule has 0 aliphatic rings. The second kappa shape index (κ2) is 36.4. The van der Waals surface area contributed by atoms with Gasteiger partial charge in [-0.1, -0.05) is 0 Å². The Morgan fingerprint density at radius 3 is 1.23 bits per heavy atom. The predicted octanol–water partition coefficient (Wildman–Crippen LogP) is -2.54. The minimum Gasteiger partial charge on any atom is -0.395 e. The number of aliphatic hydroxyl groups is 1. The number of hydrogen-bond donors (Lipinski definition) is 4. The zero-order valence-electron chi connectivity index (χ0n) is 29.3. The van der Waals surface area contributed by atoms with Gasteiger partial charge < -0.3 is 30.5 Å². The van der Waals surface area contributed by atoms with E-state index in [1.54, 1.807) is 11.8 Å². The molecule has 4 N–H and O–H groups in total. The Morgan fingerprint density at radius 2 is 0.896 bits per heavy atom. The largest absolute Gasteiger partial charge is 0.395 e. The zero-order valence-corrected chi connectivity index (χ0v) is 29.3. The summed E-state index contributed by atoms with van der Waals surface area (Å²) in [5.74, 6) is 0.217. The van der Waals surface area contributed by atoms with E-state index in [1.165, 1.54) is 27.7 Å². The molecule has 0 aromatic rings. The van der Waals surface area contributed by atoms with Crippen LogP contribution in [0, 0.1) is 0 Å². The molecular formula is C31H58N6O11. The molecule has 0 radical (unpaired) electrons. The topological polar surface area (TPSA) is 221 Å². The van der Waals surface area contributed by atoms with Gasteiger partial charge in [-0.05, 0) is 34.6 Å². The van der Waals surface area contributed by atoms with E-state index in [2.05, 4.69) is 16.0 Å². The average molecular weight is 691 g/mol. The van der Waals surface area contributed by atoms with Gasteiger partial charge in [0.05, 0.1) is 32.9 Å². The number of ether oxygens (including phenoxy) is 2. The number of hydrogen-bond acceptors (Lipinski definition) is 14. The fraction of sp³-hybridized carbons (Fsp3) is 0.742. The third kappa shape index (κ3) is 42.5. The van der Waals surface area contributed by atoms with E-state index in [1.807, 2.05) is 9.80 Å². The molecule has 0 unspecified atom stereocenters. The van der Waals surface area contributed by atoms with Crippen molar-refractivity contribution in [2.45, 2.75) is 41.0 Å². The molecular weight excluding hydrogens is 632 g/mol. The summed E-state index contributed by atoms with van der Waals surface area (Å²) in [6, 6.07) is 0. The standard InChI is InChI=1S/C12H22N2O4.C11H20N2O4.C8H16N2O3/c1-11(16)3-5-14(6-4-13-10-15)7-8-18-9-12(2)17;1-10(15)7-13(4-3-12-9-14)5-6-17-8-11(2)16;1-8(13)6-10(4-5-11)3-2-9-7-12/h10H,3-9H2,1-2H3,(H,13,15);9H,3-8H2,1-2H3,(H,12,14);7,11H,2-6H2,1H3,(H,9,12). The van der Waals surface area contributed by atoms with Gasteiger partial charge in [-0.3, -0.25) is 53.1 Å². The first-order valence-corrected chi connectivity index (χ1v) is 15.7. The Kier molecular flexibility index (Phi) is 37.0. The van der Waals surface area contributed by atoms with Crippen molar-refractivity contribution in [1.82, 2.24) is 30.7 Å². The van der Waals surface area contributed by atoms with Crippen LogP contribution in [0.2, 0.25) is 0 Å². The van der Waals surface area contributed by atoms with E-state index in [-0.39, 0.29) is 48.7 Å². The Balaban J connectivity index is -0.000000642. The number of carbonyl (C=O) groups is 8. The van der Waals surface area contributed by atoms with Crippen molar-refractivity contribution >= 4 is 48.1 Å². The molecule has 48 heavy (non-hydrogen) atoms. The number of nitrogens with zero attached hydrogens (tertiary/aromatic N) is 3. The number of aliphatic hydroxyl groups excluding tert-OH is 1. The summed E-state index contributed by atoms with van der Waals surface area (Å²) in [6.07, 6.45) is 2.37. The van der Waals surface area contributed by atoms with Gasteiger partial charge >= 0.3 is 0 Å². The minimum atomic E-state index is -0.0225. The number of amides is 3. The molecule has 0 spiro atoms. The maximum atomic E-state index is 11.0. The number of nitrogens with one attached hydrogen (secondary N) is 3. The van der Waals surface area contributed by atoms with Crippen LogP contribution in [-0.4, -0.2) is 180 Å². The van der Waals surface area contributed by atoms with Crippen molar-refractivity contribution in [2.24, 2.45) is 0 Å². The molecule has 0 saturated carbocycles. The lowest BCUT2D eigenvalue weighted by Crippen LogP contribution is -2.37. The Bertz CT molecular complexity index is 908. The van der Waals surface area contributed by atoms with E-state index in [9.17, 15) is 38.4 Å². The van der Waals surface area contributed by atoms with Gasteiger partial charge in [0.15, 0.2) is 11.6 Å². The highest BCUT2D eigenvalue weighted by molar-refractivity contribution is 5.78. The Morgan fingerprint density at radius 1 is 0.521 bits per heavy atom. The van der Waals surface area contributed by atoms with Gasteiger partial charge in [-0.15, -0.1) is 0 Å². The molecule has 0 heterocycles. The molecule has 0 rings (SSSR count). The van der Waals surface area contributed by atoms with E-state index in [0.717, 1.165) is 0 Å². The van der Waals surface area contributed by atoms with Crippen LogP contribution in [0.15, 0.2) is 0 Å². The first-order chi connectivity index (χ1) is 22.8. The molecule has 3 amide bonds. The first kappa shape index (κ1) is 48.9. The molecule has 0 atom stereocenters. The van der Waals surface area contributed by atoms with Gasteiger partial charge in [0.25, 0.3) is 0 Å². The molecule has 0 aliphatic heterocycles. The Labute approximate surface area is 284 Å². The van der Waals surface area contributed by atoms with Gasteiger partial charge in [0, 0.05) is 71.9 Å². The van der Waals surface area contributed by atoms with Crippen LogP contribution in [0.3, 0.4) is 0 Å². The fourth-order valence-corrected chi connectivity index (χ4v) is 3.63. The number of rotatable bonds is 31. The van der Waals surface area contributed by atoms with Gasteiger partial charge in [-0.2, -0.15) is 0 Å². The van der Waals surface area contributed by atoms with Crippen LogP contribution in [0.1, 0.15) is 41.0 Å². The van der Waals surface area contributed by atoms with Gasteiger partial charge in [-0.25, -0.2) is 0 Å². The smallest absolute Gasteiger partial charge is 0.207 e. The summed E-state index contributed by atoms with van der Waals surface area (Å²) < 4.78 is 10.3. The van der Waals surface area contributed by atoms with Crippen molar-refractivity contribution < 1.29 is 52.9 Å². The van der Waals surface area contributed by atoms with E-state index in [0.29, 0.717) is 117 Å². The SMILES string of the molecule is CC(=O)CCN(CCNC=O)CCOCC(C)=O.CC(=O)CN(CCO)CCNC=O.CC(=O)COCCN(CCNC=O)CC(C)=O. The normalized spacial score (nSPS) is 10.3. The molecule has 0 fully saturated rings. The molecule has 17 nitrogen and oxygen atoms in total. The van der Waals surface area contributed by atoms with Crippen molar-refractivity contribution in [3.8, 4) is 0 Å². The summed E-state index contributed by atoms with van der Waals surface area (Å²) >= 11 is 0. The lowest BCUT2D eigenvalue weighted by Gasteiger charge is -2.21. The van der Waals surface area contributed by atoms with Crippen LogP contribution >= 0.6 is 0 Å². The van der Waals surface area contributed by atoms with Crippen molar-refractivity contribution in [3.05, 3.63) is 0 Å². The van der Waals surface area contributed by atoms with Crippen LogP contribution < -0.4 is 16.0 Å². The first-order valence-electron chi connectivity index (χ1n) is 15.7. The van der Waals surface area contributed by atoms with Crippen LogP contribution in [0.4, 0.5) is 0 Å². The van der Waals surface area contributed by atoms with Crippen molar-refractivity contribution in [2.75, 3.05) is 112 Å². The molecule has 17 heteroatoms. The summed E-state index contributed by atoms with van der Waals surface area (Å²) in [6.45, 7) is 14.9. The highest BCUT2D eigenvalue weighted by Crippen LogP contribution is 1.93. The third-order valence-electron chi connectivity index (χ3n) is 5.77. The second-order valence-corrected chi connectivity index (χ2v) is 10.7. The average Bonchev–Trinajstić information content (AvgIpc) is 3.00. The Hall–Kier alpha value is -3.48. The van der Waals surface area contributed by atoms with Crippen LogP contribution in [0.5, 0.6) is 0 Å².